The van der Waals surface area contributed by atoms with Crippen LogP contribution in [0.1, 0.15) is 6.42 Å². The summed E-state index contributed by atoms with van der Waals surface area (Å²) in [7, 11) is -2.87. The summed E-state index contributed by atoms with van der Waals surface area (Å²) in [6, 6.07) is 0. The lowest BCUT2D eigenvalue weighted by Gasteiger charge is -2.10. The number of carbonyl (C=O) groups is 1. The van der Waals surface area contributed by atoms with Gasteiger partial charge in [-0.05, 0) is 6.26 Å². The Morgan fingerprint density at radius 1 is 1.53 bits per heavy atom. The molecule has 0 bridgehead atoms. The van der Waals surface area contributed by atoms with Gasteiger partial charge < -0.3 is 0 Å². The van der Waals surface area contributed by atoms with Gasteiger partial charge in [0.25, 0.3) is 5.95 Å². The molecule has 1 aromatic rings. The third kappa shape index (κ3) is 3.24. The number of aryl methyl sites for hydroxylation is 1. The van der Waals surface area contributed by atoms with Gasteiger partial charge in [-0.3, -0.25) is 9.69 Å². The number of anilines is 1. The van der Waals surface area contributed by atoms with E-state index in [4.69, 9.17) is 0 Å². The van der Waals surface area contributed by atoms with Crippen molar-refractivity contribution in [2.45, 2.75) is 11.6 Å². The fourth-order valence-corrected chi connectivity index (χ4v) is 3.28. The van der Waals surface area contributed by atoms with Crippen molar-refractivity contribution in [1.29, 1.82) is 0 Å². The van der Waals surface area contributed by atoms with Crippen LogP contribution in [-0.2, 0) is 22.1 Å². The molecule has 0 aliphatic carbocycles. The van der Waals surface area contributed by atoms with Crippen LogP contribution in [0.2, 0.25) is 0 Å². The van der Waals surface area contributed by atoms with Gasteiger partial charge in [0.1, 0.15) is 0 Å². The Bertz CT molecular complexity index is 601. The highest BCUT2D eigenvalue weighted by atomic mass is 32.3. The number of hydrogen-bond donors (Lipinski definition) is 0. The molecule has 0 saturated carbocycles. The number of nitrogens with zero attached hydrogens (tertiary/aromatic N) is 4. The van der Waals surface area contributed by atoms with Crippen LogP contribution in [-0.4, -0.2) is 47.6 Å². The molecule has 1 aliphatic heterocycles. The topological polar surface area (TPSA) is 85.2 Å². The summed E-state index contributed by atoms with van der Waals surface area (Å²) < 4.78 is 35.4. The fourth-order valence-electron chi connectivity index (χ4n) is 2.02. The van der Waals surface area contributed by atoms with E-state index < -0.39 is 21.9 Å². The zero-order chi connectivity index (χ0) is 14.2. The molecular weight excluding hydrogens is 295 g/mol. The van der Waals surface area contributed by atoms with Crippen LogP contribution in [0.4, 0.5) is 9.83 Å². The number of carbonyl (C=O) groups excluding carboxylic acids is 1. The van der Waals surface area contributed by atoms with Crippen LogP contribution in [0.3, 0.4) is 0 Å². The first-order chi connectivity index (χ1) is 8.80. The van der Waals surface area contributed by atoms with Crippen molar-refractivity contribution in [1.82, 2.24) is 14.8 Å². The highest BCUT2D eigenvalue weighted by Gasteiger charge is 2.35. The molecule has 1 saturated heterocycles. The SMILES string of the molecule is CSc1nc(N2CC(CS(=O)(=O)F)CC2=O)nn1C. The summed E-state index contributed by atoms with van der Waals surface area (Å²) in [4.78, 5) is 17.3. The maximum Gasteiger partial charge on any atom is 0.302 e. The molecule has 0 N–H and O–H groups in total. The van der Waals surface area contributed by atoms with E-state index in [1.807, 2.05) is 6.26 Å². The molecule has 0 aromatic carbocycles. The van der Waals surface area contributed by atoms with Gasteiger partial charge in [0.05, 0.1) is 5.75 Å². The molecule has 106 valence electrons. The predicted octanol–water partition coefficient (Wildman–Crippen LogP) is 0.189. The van der Waals surface area contributed by atoms with E-state index in [0.717, 1.165) is 0 Å². The van der Waals surface area contributed by atoms with Crippen LogP contribution in [0.25, 0.3) is 0 Å². The second-order valence-corrected chi connectivity index (χ2v) is 6.49. The monoisotopic (exact) mass is 308 g/mol. The Hall–Kier alpha value is -1.16. The molecule has 2 rings (SSSR count). The van der Waals surface area contributed by atoms with E-state index in [-0.39, 0.29) is 24.8 Å². The smallest absolute Gasteiger partial charge is 0.279 e. The van der Waals surface area contributed by atoms with Crippen molar-refractivity contribution in [2.24, 2.45) is 13.0 Å². The summed E-state index contributed by atoms with van der Waals surface area (Å²) >= 11 is 1.38. The van der Waals surface area contributed by atoms with Crippen LogP contribution in [0.5, 0.6) is 0 Å². The molecule has 0 radical (unpaired) electrons. The molecule has 1 aliphatic rings. The zero-order valence-electron chi connectivity index (χ0n) is 10.4. The Morgan fingerprint density at radius 2 is 2.21 bits per heavy atom. The Morgan fingerprint density at radius 3 is 2.74 bits per heavy atom. The largest absolute Gasteiger partial charge is 0.302 e. The first-order valence-electron chi connectivity index (χ1n) is 5.48. The number of halogens is 1. The summed E-state index contributed by atoms with van der Waals surface area (Å²) in [5, 5.41) is 4.73. The Balaban J connectivity index is 2.15. The van der Waals surface area contributed by atoms with Gasteiger partial charge in [-0.25, -0.2) is 4.68 Å². The van der Waals surface area contributed by atoms with Gasteiger partial charge in [-0.2, -0.15) is 13.4 Å². The molecule has 19 heavy (non-hydrogen) atoms. The Kier molecular flexibility index (Phi) is 3.81. The molecule has 1 aromatic heterocycles. The van der Waals surface area contributed by atoms with Crippen LogP contribution >= 0.6 is 11.8 Å². The summed E-state index contributed by atoms with van der Waals surface area (Å²) in [5.41, 5.74) is 0. The minimum Gasteiger partial charge on any atom is -0.279 e. The quantitative estimate of drug-likeness (QED) is 0.583. The molecule has 0 spiro atoms. The van der Waals surface area contributed by atoms with E-state index in [2.05, 4.69) is 10.1 Å². The lowest BCUT2D eigenvalue weighted by Crippen LogP contribution is -2.26. The van der Waals surface area contributed by atoms with E-state index in [0.29, 0.717) is 5.16 Å². The lowest BCUT2D eigenvalue weighted by molar-refractivity contribution is -0.117. The molecule has 1 fully saturated rings. The summed E-state index contributed by atoms with van der Waals surface area (Å²) in [6.45, 7) is 0.125. The van der Waals surface area contributed by atoms with Crippen LogP contribution in [0.15, 0.2) is 5.16 Å². The van der Waals surface area contributed by atoms with Crippen molar-refractivity contribution in [3.63, 3.8) is 0 Å². The average Bonchev–Trinajstić information content (AvgIpc) is 2.79. The molecule has 10 heteroatoms. The molecule has 1 atom stereocenters. The second-order valence-electron chi connectivity index (χ2n) is 4.30. The van der Waals surface area contributed by atoms with Crippen LogP contribution in [0, 0.1) is 5.92 Å². The van der Waals surface area contributed by atoms with E-state index in [1.54, 1.807) is 7.05 Å². The van der Waals surface area contributed by atoms with Crippen molar-refractivity contribution in [2.75, 3.05) is 23.5 Å². The average molecular weight is 308 g/mol. The third-order valence-corrected chi connectivity index (χ3v) is 4.37. The van der Waals surface area contributed by atoms with Crippen molar-refractivity contribution >= 4 is 33.8 Å². The van der Waals surface area contributed by atoms with E-state index >= 15 is 0 Å². The maximum atomic E-state index is 12.6. The molecule has 1 unspecified atom stereocenters. The minimum absolute atomic E-state index is 0.00396. The lowest BCUT2D eigenvalue weighted by atomic mass is 10.1. The highest BCUT2D eigenvalue weighted by Crippen LogP contribution is 2.25. The highest BCUT2D eigenvalue weighted by molar-refractivity contribution is 7.98. The molecule has 2 heterocycles. The van der Waals surface area contributed by atoms with Crippen molar-refractivity contribution in [3.8, 4) is 0 Å². The predicted molar refractivity (Wildman–Crippen MR) is 68.1 cm³/mol. The van der Waals surface area contributed by atoms with Gasteiger partial charge >= 0.3 is 10.2 Å². The zero-order valence-corrected chi connectivity index (χ0v) is 12.0. The van der Waals surface area contributed by atoms with Crippen molar-refractivity contribution < 1.29 is 17.1 Å². The van der Waals surface area contributed by atoms with Gasteiger partial charge in [-0.1, -0.05) is 11.8 Å². The fraction of sp³-hybridized carbons (Fsp3) is 0.667. The van der Waals surface area contributed by atoms with Gasteiger partial charge in [0.2, 0.25) is 5.91 Å². The third-order valence-electron chi connectivity index (χ3n) is 2.78. The molecule has 1 amide bonds. The second kappa shape index (κ2) is 5.08. The van der Waals surface area contributed by atoms with E-state index in [1.165, 1.54) is 21.3 Å². The first kappa shape index (κ1) is 14.3. The molecule has 7 nitrogen and oxygen atoms in total. The number of aromatic nitrogens is 3. The summed E-state index contributed by atoms with van der Waals surface area (Å²) in [6.07, 6.45) is 1.83. The van der Waals surface area contributed by atoms with Gasteiger partial charge in [-0.15, -0.1) is 8.98 Å². The number of hydrogen-bond acceptors (Lipinski definition) is 6. The first-order valence-corrected chi connectivity index (χ1v) is 8.25. The maximum absolute atomic E-state index is 12.6. The number of thioether (sulfide) groups is 1. The standard InChI is InChI=1S/C9H13FN4O3S2/c1-13-9(18-2)11-8(12-13)14-4-6(3-7(14)15)5-19(10,16)17/h6H,3-5H2,1-2H3. The van der Waals surface area contributed by atoms with Gasteiger partial charge in [0, 0.05) is 25.9 Å². The molecular formula is C9H13FN4O3S2. The van der Waals surface area contributed by atoms with Crippen molar-refractivity contribution in [3.05, 3.63) is 0 Å². The van der Waals surface area contributed by atoms with Gasteiger partial charge in [0.15, 0.2) is 5.16 Å². The summed E-state index contributed by atoms with van der Waals surface area (Å²) in [5.74, 6) is -1.25. The Labute approximate surface area is 114 Å². The number of rotatable bonds is 4. The van der Waals surface area contributed by atoms with Crippen LogP contribution < -0.4 is 4.90 Å². The minimum atomic E-state index is -4.57. The number of amides is 1. The van der Waals surface area contributed by atoms with E-state index in [9.17, 15) is 17.1 Å². The normalized spacial score (nSPS) is 20.3.